The minimum Gasteiger partial charge on any atom is -0.310 e. The Morgan fingerprint density at radius 1 is 1.21 bits per heavy atom. The standard InChI is InChI=1S/C19H19N3OS/c1-11-7-12(2)9-14(8-11)22-19-18(13(3)21-22)15(10-17(23)20-19)16-5-4-6-24-16/h4-9,15H,10H2,1-3H3,(H,20,23)/t15-/m0/s1. The second-order valence-corrected chi connectivity index (χ2v) is 7.40. The maximum Gasteiger partial charge on any atom is 0.226 e. The molecular weight excluding hydrogens is 318 g/mol. The van der Waals surface area contributed by atoms with Crippen LogP contribution in [0.4, 0.5) is 5.82 Å². The molecule has 4 nitrogen and oxygen atoms in total. The Morgan fingerprint density at radius 3 is 2.62 bits per heavy atom. The summed E-state index contributed by atoms with van der Waals surface area (Å²) in [5, 5.41) is 9.85. The number of aryl methyl sites for hydroxylation is 3. The summed E-state index contributed by atoms with van der Waals surface area (Å²) < 4.78 is 1.88. The van der Waals surface area contributed by atoms with Crippen LogP contribution in [0.2, 0.25) is 0 Å². The van der Waals surface area contributed by atoms with E-state index in [1.807, 2.05) is 17.7 Å². The lowest BCUT2D eigenvalue weighted by Gasteiger charge is -2.23. The number of nitrogens with zero attached hydrogens (tertiary/aromatic N) is 2. The summed E-state index contributed by atoms with van der Waals surface area (Å²) in [6, 6.07) is 10.5. The van der Waals surface area contributed by atoms with E-state index >= 15 is 0 Å². The molecule has 3 aromatic rings. The van der Waals surface area contributed by atoms with E-state index in [9.17, 15) is 4.79 Å². The van der Waals surface area contributed by atoms with Crippen LogP contribution in [0.5, 0.6) is 0 Å². The third-order valence-electron chi connectivity index (χ3n) is 4.44. The number of carbonyl (C=O) groups is 1. The van der Waals surface area contributed by atoms with Crippen molar-refractivity contribution in [2.75, 3.05) is 5.32 Å². The molecule has 0 radical (unpaired) electrons. The van der Waals surface area contributed by atoms with Gasteiger partial charge >= 0.3 is 0 Å². The number of thiophene rings is 1. The van der Waals surface area contributed by atoms with E-state index in [1.165, 1.54) is 16.0 Å². The van der Waals surface area contributed by atoms with Gasteiger partial charge in [-0.15, -0.1) is 11.3 Å². The van der Waals surface area contributed by atoms with E-state index in [2.05, 4.69) is 48.8 Å². The summed E-state index contributed by atoms with van der Waals surface area (Å²) in [6.07, 6.45) is 0.479. The van der Waals surface area contributed by atoms with Gasteiger partial charge in [0.1, 0.15) is 5.82 Å². The molecule has 0 spiro atoms. The number of carbonyl (C=O) groups excluding carboxylic acids is 1. The Hall–Kier alpha value is -2.40. The molecule has 122 valence electrons. The fourth-order valence-electron chi connectivity index (χ4n) is 3.54. The van der Waals surface area contributed by atoms with Crippen molar-refractivity contribution in [1.29, 1.82) is 0 Å². The van der Waals surface area contributed by atoms with Crippen LogP contribution < -0.4 is 5.32 Å². The third kappa shape index (κ3) is 2.45. The topological polar surface area (TPSA) is 46.9 Å². The maximum absolute atomic E-state index is 12.3. The van der Waals surface area contributed by atoms with Gasteiger partial charge < -0.3 is 5.32 Å². The zero-order chi connectivity index (χ0) is 16.8. The molecule has 0 saturated heterocycles. The monoisotopic (exact) mass is 337 g/mol. The summed E-state index contributed by atoms with van der Waals surface area (Å²) in [7, 11) is 0. The van der Waals surface area contributed by atoms with Crippen molar-refractivity contribution in [2.45, 2.75) is 33.1 Å². The molecule has 1 atom stereocenters. The molecule has 0 bridgehead atoms. The molecule has 1 N–H and O–H groups in total. The Balaban J connectivity index is 1.91. The van der Waals surface area contributed by atoms with Gasteiger partial charge in [0.05, 0.1) is 11.4 Å². The first-order valence-electron chi connectivity index (χ1n) is 8.04. The fourth-order valence-corrected chi connectivity index (χ4v) is 4.38. The van der Waals surface area contributed by atoms with Crippen LogP contribution >= 0.6 is 11.3 Å². The Bertz CT molecular complexity index is 904. The molecule has 24 heavy (non-hydrogen) atoms. The highest BCUT2D eigenvalue weighted by molar-refractivity contribution is 7.10. The summed E-state index contributed by atoms with van der Waals surface area (Å²) in [5.41, 5.74) is 5.47. The van der Waals surface area contributed by atoms with Crippen LogP contribution in [-0.2, 0) is 4.79 Å². The zero-order valence-corrected chi connectivity index (χ0v) is 14.8. The van der Waals surface area contributed by atoms with Gasteiger partial charge in [0, 0.05) is 22.8 Å². The molecular formula is C19H19N3OS. The molecule has 0 aliphatic carbocycles. The molecule has 1 aliphatic rings. The number of benzene rings is 1. The molecule has 2 aromatic heterocycles. The number of hydrogen-bond donors (Lipinski definition) is 1. The fraction of sp³-hybridized carbons (Fsp3) is 0.263. The first kappa shape index (κ1) is 15.1. The smallest absolute Gasteiger partial charge is 0.226 e. The summed E-state index contributed by atoms with van der Waals surface area (Å²) in [5.74, 6) is 0.951. The van der Waals surface area contributed by atoms with Gasteiger partial charge in [0.2, 0.25) is 5.91 Å². The highest BCUT2D eigenvalue weighted by atomic mass is 32.1. The molecule has 1 aliphatic heterocycles. The van der Waals surface area contributed by atoms with Crippen molar-refractivity contribution in [1.82, 2.24) is 9.78 Å². The molecule has 4 rings (SSSR count). The molecule has 0 saturated carbocycles. The first-order valence-corrected chi connectivity index (χ1v) is 8.92. The lowest BCUT2D eigenvalue weighted by atomic mass is 9.91. The average molecular weight is 337 g/mol. The van der Waals surface area contributed by atoms with Gasteiger partial charge in [-0.25, -0.2) is 4.68 Å². The number of rotatable bonds is 2. The predicted molar refractivity (Wildman–Crippen MR) is 97.2 cm³/mol. The number of anilines is 1. The number of fused-ring (bicyclic) bond motifs is 1. The van der Waals surface area contributed by atoms with Crippen molar-refractivity contribution in [2.24, 2.45) is 0 Å². The predicted octanol–water partition coefficient (Wildman–Crippen LogP) is 4.33. The van der Waals surface area contributed by atoms with E-state index in [1.54, 1.807) is 11.3 Å². The van der Waals surface area contributed by atoms with Crippen LogP contribution in [0.15, 0.2) is 35.7 Å². The summed E-state index contributed by atoms with van der Waals surface area (Å²) >= 11 is 1.70. The second-order valence-electron chi connectivity index (χ2n) is 6.43. The second kappa shape index (κ2) is 5.60. The number of aromatic nitrogens is 2. The van der Waals surface area contributed by atoms with Crippen LogP contribution in [0.1, 0.15) is 39.6 Å². The maximum atomic E-state index is 12.3. The van der Waals surface area contributed by atoms with Crippen LogP contribution in [0.25, 0.3) is 5.69 Å². The number of amides is 1. The number of hydrogen-bond acceptors (Lipinski definition) is 3. The molecule has 1 amide bonds. The molecule has 0 fully saturated rings. The zero-order valence-electron chi connectivity index (χ0n) is 14.0. The van der Waals surface area contributed by atoms with Gasteiger partial charge in [-0.1, -0.05) is 12.1 Å². The average Bonchev–Trinajstić information content (AvgIpc) is 3.14. The van der Waals surface area contributed by atoms with Gasteiger partial charge in [-0.2, -0.15) is 5.10 Å². The summed E-state index contributed by atoms with van der Waals surface area (Å²) in [4.78, 5) is 13.5. The van der Waals surface area contributed by atoms with Crippen molar-refractivity contribution in [3.63, 3.8) is 0 Å². The van der Waals surface area contributed by atoms with Crippen LogP contribution in [-0.4, -0.2) is 15.7 Å². The Kier molecular flexibility index (Phi) is 3.53. The minimum absolute atomic E-state index is 0.0476. The van der Waals surface area contributed by atoms with Crippen LogP contribution in [0, 0.1) is 20.8 Å². The van der Waals surface area contributed by atoms with E-state index in [0.717, 1.165) is 22.8 Å². The molecule has 5 heteroatoms. The first-order chi connectivity index (χ1) is 11.5. The SMILES string of the molecule is Cc1cc(C)cc(-n2nc(C)c3c2NC(=O)C[C@H]3c2cccs2)c1. The van der Waals surface area contributed by atoms with Crippen molar-refractivity contribution in [3.8, 4) is 5.69 Å². The Labute approximate surface area is 145 Å². The van der Waals surface area contributed by atoms with Gasteiger partial charge in [0.15, 0.2) is 0 Å². The van der Waals surface area contributed by atoms with E-state index in [4.69, 9.17) is 5.10 Å². The van der Waals surface area contributed by atoms with Gasteiger partial charge in [-0.05, 0) is 55.5 Å². The highest BCUT2D eigenvalue weighted by Crippen LogP contribution is 2.41. The molecule has 0 unspecified atom stereocenters. The largest absolute Gasteiger partial charge is 0.310 e. The van der Waals surface area contributed by atoms with E-state index in [-0.39, 0.29) is 11.8 Å². The Morgan fingerprint density at radius 2 is 1.96 bits per heavy atom. The molecule has 1 aromatic carbocycles. The summed E-state index contributed by atoms with van der Waals surface area (Å²) in [6.45, 7) is 6.18. The van der Waals surface area contributed by atoms with Gasteiger partial charge in [-0.3, -0.25) is 4.79 Å². The lowest BCUT2D eigenvalue weighted by Crippen LogP contribution is -2.24. The third-order valence-corrected chi connectivity index (χ3v) is 5.43. The normalized spacial score (nSPS) is 16.8. The number of nitrogens with one attached hydrogen (secondary N) is 1. The van der Waals surface area contributed by atoms with Crippen molar-refractivity contribution in [3.05, 3.63) is 63.0 Å². The highest BCUT2D eigenvalue weighted by Gasteiger charge is 2.33. The van der Waals surface area contributed by atoms with E-state index in [0.29, 0.717) is 6.42 Å². The van der Waals surface area contributed by atoms with Crippen molar-refractivity contribution >= 4 is 23.1 Å². The quantitative estimate of drug-likeness (QED) is 0.756. The van der Waals surface area contributed by atoms with Crippen molar-refractivity contribution < 1.29 is 4.79 Å². The molecule has 3 heterocycles. The lowest BCUT2D eigenvalue weighted by molar-refractivity contribution is -0.116. The van der Waals surface area contributed by atoms with E-state index < -0.39 is 0 Å². The van der Waals surface area contributed by atoms with Crippen LogP contribution in [0.3, 0.4) is 0 Å². The van der Waals surface area contributed by atoms with Gasteiger partial charge in [0.25, 0.3) is 0 Å². The minimum atomic E-state index is 0.0476.